The Morgan fingerprint density at radius 2 is 1.55 bits per heavy atom. The molecule has 1 heterocycles. The van der Waals surface area contributed by atoms with Crippen LogP contribution in [0, 0.1) is 0 Å². The van der Waals surface area contributed by atoms with E-state index in [2.05, 4.69) is 5.10 Å². The molecule has 6 nitrogen and oxygen atoms in total. The van der Waals surface area contributed by atoms with E-state index in [-0.39, 0.29) is 18.0 Å². The molecule has 1 aromatic heterocycles. The van der Waals surface area contributed by atoms with Crippen LogP contribution in [0.3, 0.4) is 0 Å². The highest BCUT2D eigenvalue weighted by atomic mass is 16.5. The lowest BCUT2D eigenvalue weighted by Gasteiger charge is -2.20. The minimum atomic E-state index is -0.317. The number of hydrogen-bond donors (Lipinski definition) is 0. The van der Waals surface area contributed by atoms with Crippen molar-refractivity contribution >= 4 is 5.91 Å². The zero-order valence-corrected chi connectivity index (χ0v) is 18.4. The van der Waals surface area contributed by atoms with Gasteiger partial charge in [0.1, 0.15) is 18.9 Å². The Bertz CT molecular complexity index is 1270. The van der Waals surface area contributed by atoms with Crippen molar-refractivity contribution < 1.29 is 9.53 Å². The van der Waals surface area contributed by atoms with Gasteiger partial charge in [-0.2, -0.15) is 5.10 Å². The molecule has 0 unspecified atom stereocenters. The topological polar surface area (TPSA) is 64.4 Å². The van der Waals surface area contributed by atoms with E-state index in [1.165, 1.54) is 10.7 Å². The van der Waals surface area contributed by atoms with E-state index in [1.54, 1.807) is 18.0 Å². The zero-order valence-electron chi connectivity index (χ0n) is 18.4. The standard InChI is InChI=1S/C27H25N3O3/c1-29(18-23-14-8-9-15-25(23)33-20-21-10-4-2-5-11-21)27(32)19-30-26(31)17-16-24(28-30)22-12-6-3-7-13-22/h2-17H,18-20H2,1H3. The Labute approximate surface area is 192 Å². The van der Waals surface area contributed by atoms with Crippen molar-refractivity contribution in [2.75, 3.05) is 7.05 Å². The minimum absolute atomic E-state index is 0.136. The van der Waals surface area contributed by atoms with Gasteiger partial charge in [-0.05, 0) is 17.7 Å². The Hall–Kier alpha value is -4.19. The van der Waals surface area contributed by atoms with Crippen LogP contribution in [0.2, 0.25) is 0 Å². The molecule has 6 heteroatoms. The van der Waals surface area contributed by atoms with E-state index < -0.39 is 0 Å². The van der Waals surface area contributed by atoms with Crippen LogP contribution in [0.1, 0.15) is 11.1 Å². The fourth-order valence-electron chi connectivity index (χ4n) is 3.43. The molecular weight excluding hydrogens is 414 g/mol. The smallest absolute Gasteiger partial charge is 0.267 e. The molecule has 1 amide bonds. The molecule has 0 bridgehead atoms. The van der Waals surface area contributed by atoms with E-state index in [1.807, 2.05) is 84.9 Å². The maximum atomic E-state index is 12.9. The van der Waals surface area contributed by atoms with Crippen LogP contribution < -0.4 is 10.3 Å². The van der Waals surface area contributed by atoms with Gasteiger partial charge in [0.25, 0.3) is 5.56 Å². The first kappa shape index (κ1) is 22.0. The number of hydrogen-bond acceptors (Lipinski definition) is 4. The molecule has 0 spiro atoms. The summed E-state index contributed by atoms with van der Waals surface area (Å²) in [5, 5.41) is 4.38. The van der Waals surface area contributed by atoms with Crippen molar-refractivity contribution in [1.29, 1.82) is 0 Å². The molecule has 0 radical (unpaired) electrons. The van der Waals surface area contributed by atoms with Gasteiger partial charge in [0.15, 0.2) is 0 Å². The van der Waals surface area contributed by atoms with Crippen molar-refractivity contribution in [3.05, 3.63) is 119 Å². The van der Waals surface area contributed by atoms with E-state index in [4.69, 9.17) is 4.74 Å². The summed E-state index contributed by atoms with van der Waals surface area (Å²) in [6, 6.07) is 30.2. The van der Waals surface area contributed by atoms with Crippen LogP contribution in [-0.2, 0) is 24.5 Å². The van der Waals surface area contributed by atoms with Crippen LogP contribution in [0.25, 0.3) is 11.3 Å². The molecule has 0 aliphatic carbocycles. The third kappa shape index (κ3) is 5.74. The van der Waals surface area contributed by atoms with Crippen LogP contribution >= 0.6 is 0 Å². The normalized spacial score (nSPS) is 10.6. The van der Waals surface area contributed by atoms with Crippen LogP contribution in [0.4, 0.5) is 0 Å². The Kier molecular flexibility index (Phi) is 6.95. The third-order valence-corrected chi connectivity index (χ3v) is 5.26. The summed E-state index contributed by atoms with van der Waals surface area (Å²) < 4.78 is 7.21. The second kappa shape index (κ2) is 10.4. The second-order valence-corrected chi connectivity index (χ2v) is 7.71. The molecular formula is C27H25N3O3. The van der Waals surface area contributed by atoms with Crippen molar-refractivity contribution in [3.8, 4) is 17.0 Å². The van der Waals surface area contributed by atoms with Gasteiger partial charge in [-0.1, -0.05) is 78.9 Å². The van der Waals surface area contributed by atoms with Gasteiger partial charge in [-0.15, -0.1) is 0 Å². The third-order valence-electron chi connectivity index (χ3n) is 5.26. The quantitative estimate of drug-likeness (QED) is 0.414. The average molecular weight is 440 g/mol. The van der Waals surface area contributed by atoms with Crippen molar-refractivity contribution in [1.82, 2.24) is 14.7 Å². The Morgan fingerprint density at radius 1 is 0.879 bits per heavy atom. The summed E-state index contributed by atoms with van der Waals surface area (Å²) in [6.45, 7) is 0.668. The van der Waals surface area contributed by atoms with Gasteiger partial charge in [-0.3, -0.25) is 9.59 Å². The molecule has 3 aromatic carbocycles. The van der Waals surface area contributed by atoms with Gasteiger partial charge in [0.05, 0.1) is 5.69 Å². The Morgan fingerprint density at radius 3 is 2.30 bits per heavy atom. The van der Waals surface area contributed by atoms with Crippen LogP contribution in [0.5, 0.6) is 5.75 Å². The van der Waals surface area contributed by atoms with Gasteiger partial charge < -0.3 is 9.64 Å². The van der Waals surface area contributed by atoms with Crippen LogP contribution in [-0.4, -0.2) is 27.6 Å². The molecule has 4 aromatic rings. The SMILES string of the molecule is CN(Cc1ccccc1OCc1ccccc1)C(=O)Cn1nc(-c2ccccc2)ccc1=O. The number of aromatic nitrogens is 2. The fourth-order valence-corrected chi connectivity index (χ4v) is 3.43. The van der Waals surface area contributed by atoms with Crippen molar-refractivity contribution in [2.24, 2.45) is 0 Å². The van der Waals surface area contributed by atoms with Crippen LogP contribution in [0.15, 0.2) is 102 Å². The summed E-state index contributed by atoms with van der Waals surface area (Å²) in [6.07, 6.45) is 0. The maximum absolute atomic E-state index is 12.9. The number of ether oxygens (including phenoxy) is 1. The predicted octanol–water partition coefficient (Wildman–Crippen LogP) is 4.15. The first-order chi connectivity index (χ1) is 16.1. The lowest BCUT2D eigenvalue weighted by Crippen LogP contribution is -2.34. The van der Waals surface area contributed by atoms with Gasteiger partial charge >= 0.3 is 0 Å². The molecule has 0 aliphatic heterocycles. The number of likely N-dealkylation sites (N-methyl/N-ethyl adjacent to an activating group) is 1. The maximum Gasteiger partial charge on any atom is 0.267 e. The molecule has 0 N–H and O–H groups in total. The Balaban J connectivity index is 1.44. The molecule has 166 valence electrons. The molecule has 0 saturated heterocycles. The predicted molar refractivity (Wildman–Crippen MR) is 128 cm³/mol. The summed E-state index contributed by atoms with van der Waals surface area (Å²) in [7, 11) is 1.71. The largest absolute Gasteiger partial charge is 0.489 e. The summed E-state index contributed by atoms with van der Waals surface area (Å²) in [5.41, 5.74) is 3.17. The first-order valence-corrected chi connectivity index (χ1v) is 10.7. The highest BCUT2D eigenvalue weighted by Crippen LogP contribution is 2.21. The number of rotatable bonds is 8. The monoisotopic (exact) mass is 439 g/mol. The second-order valence-electron chi connectivity index (χ2n) is 7.71. The van der Waals surface area contributed by atoms with Gasteiger partial charge in [0.2, 0.25) is 5.91 Å². The first-order valence-electron chi connectivity index (χ1n) is 10.7. The lowest BCUT2D eigenvalue weighted by atomic mass is 10.1. The van der Waals surface area contributed by atoms with Gasteiger partial charge in [-0.25, -0.2) is 4.68 Å². The number of carbonyl (C=O) groups is 1. The van der Waals surface area contributed by atoms with Crippen molar-refractivity contribution in [2.45, 2.75) is 19.7 Å². The fraction of sp³-hybridized carbons (Fsp3) is 0.148. The van der Waals surface area contributed by atoms with E-state index in [0.29, 0.717) is 18.8 Å². The molecule has 0 saturated carbocycles. The minimum Gasteiger partial charge on any atom is -0.489 e. The number of para-hydroxylation sites is 1. The molecule has 33 heavy (non-hydrogen) atoms. The van der Waals surface area contributed by atoms with E-state index in [0.717, 1.165) is 22.4 Å². The highest BCUT2D eigenvalue weighted by Gasteiger charge is 2.15. The summed E-state index contributed by atoms with van der Waals surface area (Å²) in [4.78, 5) is 26.8. The molecule has 0 atom stereocenters. The average Bonchev–Trinajstić information content (AvgIpc) is 2.86. The number of nitrogens with zero attached hydrogens (tertiary/aromatic N) is 3. The number of carbonyl (C=O) groups excluding carboxylic acids is 1. The zero-order chi connectivity index (χ0) is 23.0. The summed E-state index contributed by atoms with van der Waals surface area (Å²) >= 11 is 0. The summed E-state index contributed by atoms with van der Waals surface area (Å²) in [5.74, 6) is 0.509. The van der Waals surface area contributed by atoms with E-state index >= 15 is 0 Å². The number of benzene rings is 3. The van der Waals surface area contributed by atoms with Gasteiger partial charge in [0, 0.05) is 30.8 Å². The van der Waals surface area contributed by atoms with E-state index in [9.17, 15) is 9.59 Å². The molecule has 0 aliphatic rings. The lowest BCUT2D eigenvalue weighted by molar-refractivity contribution is -0.131. The molecule has 0 fully saturated rings. The molecule has 4 rings (SSSR count). The highest BCUT2D eigenvalue weighted by molar-refractivity contribution is 5.75. The number of amides is 1. The van der Waals surface area contributed by atoms with Crippen molar-refractivity contribution in [3.63, 3.8) is 0 Å².